The molecule has 0 unspecified atom stereocenters. The maximum absolute atomic E-state index is 9.33. The summed E-state index contributed by atoms with van der Waals surface area (Å²) < 4.78 is 1.58. The van der Waals surface area contributed by atoms with Crippen LogP contribution in [0.25, 0.3) is 22.4 Å². The van der Waals surface area contributed by atoms with Gasteiger partial charge in [0.1, 0.15) is 0 Å². The Morgan fingerprint density at radius 2 is 1.78 bits per heavy atom. The Bertz CT molecular complexity index is 763. The summed E-state index contributed by atoms with van der Waals surface area (Å²) >= 11 is 0. The molecule has 3 rings (SSSR count). The molecule has 2 aromatic carbocycles. The first kappa shape index (κ1) is 10.5. The van der Waals surface area contributed by atoms with E-state index < -0.39 is 0 Å². The van der Waals surface area contributed by atoms with E-state index in [0.717, 1.165) is 22.2 Å². The highest BCUT2D eigenvalue weighted by Gasteiger charge is 2.13. The van der Waals surface area contributed by atoms with Gasteiger partial charge < -0.3 is 0 Å². The molecule has 0 bridgehead atoms. The summed E-state index contributed by atoms with van der Waals surface area (Å²) in [4.78, 5) is 4.56. The molecule has 3 aromatic rings. The molecule has 0 saturated heterocycles. The topological polar surface area (TPSA) is 41.6 Å². The monoisotopic (exact) mass is 233 g/mol. The molecule has 0 N–H and O–H groups in total. The van der Waals surface area contributed by atoms with Crippen LogP contribution in [0.5, 0.6) is 0 Å². The van der Waals surface area contributed by atoms with Crippen molar-refractivity contribution in [1.82, 2.24) is 9.55 Å². The zero-order valence-corrected chi connectivity index (χ0v) is 9.96. The lowest BCUT2D eigenvalue weighted by molar-refractivity contribution is 1.12. The number of para-hydroxylation sites is 2. The first-order chi connectivity index (χ1) is 8.81. The molecule has 18 heavy (non-hydrogen) atoms. The predicted octanol–water partition coefficient (Wildman–Crippen LogP) is 3.34. The Labute approximate surface area is 105 Å². The van der Waals surface area contributed by atoms with Crippen LogP contribution >= 0.6 is 0 Å². The van der Waals surface area contributed by atoms with Crippen molar-refractivity contribution in [3.8, 4) is 17.6 Å². The van der Waals surface area contributed by atoms with E-state index in [0.29, 0.717) is 5.82 Å². The molecular formula is C15H11N3. The summed E-state index contributed by atoms with van der Waals surface area (Å²) in [5.74, 6) is 0.705. The van der Waals surface area contributed by atoms with E-state index in [4.69, 9.17) is 0 Å². The number of nitriles is 1. The van der Waals surface area contributed by atoms with E-state index in [1.165, 1.54) is 0 Å². The molecule has 0 aliphatic carbocycles. The molecule has 0 atom stereocenters. The lowest BCUT2D eigenvalue weighted by atomic mass is 10.1. The van der Waals surface area contributed by atoms with Gasteiger partial charge in [-0.1, -0.05) is 36.4 Å². The van der Waals surface area contributed by atoms with E-state index in [9.17, 15) is 5.26 Å². The third-order valence-electron chi connectivity index (χ3n) is 3.05. The minimum Gasteiger partial charge on any atom is -0.228 e. The summed E-state index contributed by atoms with van der Waals surface area (Å²) in [6.45, 7) is 2.02. The van der Waals surface area contributed by atoms with Crippen LogP contribution in [0.4, 0.5) is 0 Å². The fourth-order valence-electron chi connectivity index (χ4n) is 2.13. The van der Waals surface area contributed by atoms with E-state index >= 15 is 0 Å². The summed E-state index contributed by atoms with van der Waals surface area (Å²) in [6, 6.07) is 15.6. The minimum absolute atomic E-state index is 0.705. The van der Waals surface area contributed by atoms with Crippen LogP contribution in [0.1, 0.15) is 5.56 Å². The van der Waals surface area contributed by atoms with Crippen molar-refractivity contribution in [2.45, 2.75) is 6.92 Å². The normalized spacial score (nSPS) is 10.4. The van der Waals surface area contributed by atoms with Gasteiger partial charge in [0.05, 0.1) is 11.0 Å². The number of rotatable bonds is 1. The van der Waals surface area contributed by atoms with Crippen molar-refractivity contribution in [3.05, 3.63) is 54.1 Å². The van der Waals surface area contributed by atoms with Gasteiger partial charge in [0, 0.05) is 5.56 Å². The van der Waals surface area contributed by atoms with Crippen LogP contribution in [0.3, 0.4) is 0 Å². The van der Waals surface area contributed by atoms with E-state index in [2.05, 4.69) is 11.2 Å². The van der Waals surface area contributed by atoms with Crippen molar-refractivity contribution < 1.29 is 0 Å². The molecule has 0 amide bonds. The molecule has 86 valence electrons. The summed E-state index contributed by atoms with van der Waals surface area (Å²) in [6.07, 6.45) is 2.20. The molecule has 3 heteroatoms. The quantitative estimate of drug-likeness (QED) is 0.646. The van der Waals surface area contributed by atoms with Crippen molar-refractivity contribution in [3.63, 3.8) is 0 Å². The molecule has 0 aliphatic rings. The Hall–Kier alpha value is -2.60. The maximum Gasteiger partial charge on any atom is 0.190 e. The van der Waals surface area contributed by atoms with Gasteiger partial charge in [-0.2, -0.15) is 5.26 Å². The molecule has 0 spiro atoms. The van der Waals surface area contributed by atoms with E-state index in [1.54, 1.807) is 4.57 Å². The average Bonchev–Trinajstić information content (AvgIpc) is 2.77. The van der Waals surface area contributed by atoms with Gasteiger partial charge in [-0.3, -0.25) is 0 Å². The molecule has 1 heterocycles. The zero-order valence-electron chi connectivity index (χ0n) is 9.96. The van der Waals surface area contributed by atoms with E-state index in [1.807, 2.05) is 55.5 Å². The second-order valence-corrected chi connectivity index (χ2v) is 4.17. The molecule has 0 fully saturated rings. The Kier molecular flexibility index (Phi) is 2.35. The molecule has 3 nitrogen and oxygen atoms in total. The second-order valence-electron chi connectivity index (χ2n) is 4.17. The lowest BCUT2D eigenvalue weighted by Gasteiger charge is -2.03. The van der Waals surface area contributed by atoms with Crippen LogP contribution in [0.15, 0.2) is 48.5 Å². The standard InChI is InChI=1S/C15H11N3/c1-11-6-2-3-7-12(11)15-17-13-8-4-5-9-14(13)18(15)10-16/h2-9H,1H3. The number of fused-ring (bicyclic) bond motifs is 1. The Morgan fingerprint density at radius 3 is 2.56 bits per heavy atom. The van der Waals surface area contributed by atoms with Crippen LogP contribution in [0.2, 0.25) is 0 Å². The minimum atomic E-state index is 0.705. The predicted molar refractivity (Wildman–Crippen MR) is 70.9 cm³/mol. The Morgan fingerprint density at radius 1 is 1.06 bits per heavy atom. The highest BCUT2D eigenvalue weighted by molar-refractivity contribution is 5.82. The van der Waals surface area contributed by atoms with Crippen molar-refractivity contribution in [2.24, 2.45) is 0 Å². The molecule has 0 saturated carbocycles. The van der Waals surface area contributed by atoms with Crippen molar-refractivity contribution in [1.29, 1.82) is 5.26 Å². The molecule has 1 aromatic heterocycles. The smallest absolute Gasteiger partial charge is 0.190 e. The second kappa shape index (κ2) is 4.01. The van der Waals surface area contributed by atoms with Gasteiger partial charge in [-0.25, -0.2) is 9.55 Å². The summed E-state index contributed by atoms with van der Waals surface area (Å²) in [5, 5.41) is 9.33. The van der Waals surface area contributed by atoms with Gasteiger partial charge >= 0.3 is 0 Å². The third kappa shape index (κ3) is 1.47. The van der Waals surface area contributed by atoms with Gasteiger partial charge in [0.2, 0.25) is 0 Å². The maximum atomic E-state index is 9.33. The van der Waals surface area contributed by atoms with Gasteiger partial charge in [0.15, 0.2) is 12.0 Å². The van der Waals surface area contributed by atoms with Crippen LogP contribution in [-0.4, -0.2) is 9.55 Å². The molecular weight excluding hydrogens is 222 g/mol. The van der Waals surface area contributed by atoms with Crippen LogP contribution < -0.4 is 0 Å². The number of imidazole rings is 1. The zero-order chi connectivity index (χ0) is 12.5. The van der Waals surface area contributed by atoms with E-state index in [-0.39, 0.29) is 0 Å². The fraction of sp³-hybridized carbons (Fsp3) is 0.0667. The highest BCUT2D eigenvalue weighted by atomic mass is 15.1. The fourth-order valence-corrected chi connectivity index (χ4v) is 2.13. The highest BCUT2D eigenvalue weighted by Crippen LogP contribution is 2.26. The number of aromatic nitrogens is 2. The Balaban J connectivity index is 2.37. The average molecular weight is 233 g/mol. The lowest BCUT2D eigenvalue weighted by Crippen LogP contribution is -1.94. The number of nitrogens with zero attached hydrogens (tertiary/aromatic N) is 3. The van der Waals surface area contributed by atoms with Crippen LogP contribution in [-0.2, 0) is 0 Å². The van der Waals surface area contributed by atoms with Crippen molar-refractivity contribution >= 4 is 11.0 Å². The van der Waals surface area contributed by atoms with Crippen LogP contribution in [0, 0.1) is 18.4 Å². The SMILES string of the molecule is Cc1ccccc1-c1nc2ccccc2n1C#N. The first-order valence-electron chi connectivity index (χ1n) is 5.75. The number of aryl methyl sites for hydroxylation is 1. The van der Waals surface area contributed by atoms with Gasteiger partial charge in [-0.15, -0.1) is 0 Å². The number of benzene rings is 2. The van der Waals surface area contributed by atoms with Gasteiger partial charge in [0.25, 0.3) is 0 Å². The number of hydrogen-bond donors (Lipinski definition) is 0. The summed E-state index contributed by atoms with van der Waals surface area (Å²) in [7, 11) is 0. The third-order valence-corrected chi connectivity index (χ3v) is 3.05. The van der Waals surface area contributed by atoms with Crippen molar-refractivity contribution in [2.75, 3.05) is 0 Å². The molecule has 0 radical (unpaired) electrons. The number of hydrogen-bond acceptors (Lipinski definition) is 2. The van der Waals surface area contributed by atoms with Gasteiger partial charge in [-0.05, 0) is 24.6 Å². The molecule has 0 aliphatic heterocycles. The largest absolute Gasteiger partial charge is 0.228 e. The first-order valence-corrected chi connectivity index (χ1v) is 5.75. The summed E-state index contributed by atoms with van der Waals surface area (Å²) in [5.41, 5.74) is 3.80.